The minimum atomic E-state index is -4.79. The highest BCUT2D eigenvalue weighted by Gasteiger charge is 2.40. The lowest BCUT2D eigenvalue weighted by Crippen LogP contribution is -2.30. The number of aliphatic hydroxyl groups is 1. The third-order valence-electron chi connectivity index (χ3n) is 6.94. The fourth-order valence-electron chi connectivity index (χ4n) is 4.58. The highest BCUT2D eigenvalue weighted by atomic mass is 19.4. The van der Waals surface area contributed by atoms with Crippen LogP contribution in [0, 0.1) is 12.8 Å². The first-order valence-corrected chi connectivity index (χ1v) is 13.1. The molecular weight excluding hydrogens is 513 g/mol. The first-order chi connectivity index (χ1) is 18.4. The van der Waals surface area contributed by atoms with Crippen LogP contribution in [-0.4, -0.2) is 65.5 Å². The number of carbonyl (C=O) groups excluding carboxylic acids is 1. The summed E-state index contributed by atoms with van der Waals surface area (Å²) in [6.07, 6.45) is 3.95. The number of hydrogen-bond acceptors (Lipinski definition) is 7. The highest BCUT2D eigenvalue weighted by Crippen LogP contribution is 2.38. The van der Waals surface area contributed by atoms with Gasteiger partial charge in [0.25, 0.3) is 5.91 Å². The molecule has 2 heterocycles. The molecule has 0 bridgehead atoms. The van der Waals surface area contributed by atoms with Gasteiger partial charge in [0, 0.05) is 51.3 Å². The third-order valence-corrected chi connectivity index (χ3v) is 6.94. The van der Waals surface area contributed by atoms with Crippen molar-refractivity contribution in [2.24, 2.45) is 10.9 Å². The van der Waals surface area contributed by atoms with Crippen LogP contribution in [-0.2, 0) is 20.7 Å². The molecule has 1 amide bonds. The zero-order valence-corrected chi connectivity index (χ0v) is 22.4. The average Bonchev–Trinajstić information content (AvgIpc) is 3.61. The number of carbonyl (C=O) groups is 1. The van der Waals surface area contributed by atoms with Gasteiger partial charge >= 0.3 is 6.36 Å². The van der Waals surface area contributed by atoms with Gasteiger partial charge in [-0.05, 0) is 62.8 Å². The van der Waals surface area contributed by atoms with Gasteiger partial charge in [0.2, 0.25) is 0 Å². The summed E-state index contributed by atoms with van der Waals surface area (Å²) in [6, 6.07) is 3.88. The molecule has 0 radical (unpaired) electrons. The summed E-state index contributed by atoms with van der Waals surface area (Å²) in [5.74, 6) is -0.0182. The largest absolute Gasteiger partial charge is 0.572 e. The van der Waals surface area contributed by atoms with Crippen molar-refractivity contribution in [1.29, 1.82) is 0 Å². The highest BCUT2D eigenvalue weighted by molar-refractivity contribution is 5.95. The smallest absolute Gasteiger partial charge is 0.472 e. The number of allylic oxidation sites excluding steroid dienone is 2. The second kappa shape index (κ2) is 11.8. The topological polar surface area (TPSA) is 96.3 Å². The summed E-state index contributed by atoms with van der Waals surface area (Å²) in [5, 5.41) is 13.0. The minimum Gasteiger partial charge on any atom is -0.472 e. The van der Waals surface area contributed by atoms with Crippen molar-refractivity contribution >= 4 is 11.8 Å². The molecule has 1 aliphatic heterocycles. The number of rotatable bonds is 9. The van der Waals surface area contributed by atoms with Crippen LogP contribution < -0.4 is 5.32 Å². The molecular formula is C28H35F3N4O4. The monoisotopic (exact) mass is 548 g/mol. The Morgan fingerprint density at radius 3 is 2.69 bits per heavy atom. The zero-order chi connectivity index (χ0) is 28.2. The Labute approximate surface area is 226 Å². The maximum Gasteiger partial charge on any atom is 0.572 e. The van der Waals surface area contributed by atoms with Crippen molar-refractivity contribution in [2.75, 3.05) is 20.6 Å². The van der Waals surface area contributed by atoms with Crippen LogP contribution in [0.1, 0.15) is 49.8 Å². The summed E-state index contributed by atoms with van der Waals surface area (Å²) in [5.41, 5.74) is 1.66. The molecule has 0 aromatic carbocycles. The normalized spacial score (nSPS) is 22.4. The van der Waals surface area contributed by atoms with Gasteiger partial charge < -0.3 is 24.8 Å². The molecule has 2 aliphatic carbocycles. The van der Waals surface area contributed by atoms with Gasteiger partial charge in [0.05, 0.1) is 11.2 Å². The number of amides is 1. The number of pyridine rings is 1. The number of nitrogens with zero attached hydrogens (tertiary/aromatic N) is 3. The Morgan fingerprint density at radius 2 is 2.05 bits per heavy atom. The van der Waals surface area contributed by atoms with Crippen molar-refractivity contribution in [3.8, 4) is 0 Å². The molecule has 39 heavy (non-hydrogen) atoms. The van der Waals surface area contributed by atoms with E-state index in [0.717, 1.165) is 24.1 Å². The van der Waals surface area contributed by atoms with E-state index in [9.17, 15) is 23.1 Å². The van der Waals surface area contributed by atoms with Crippen molar-refractivity contribution < 1.29 is 32.5 Å². The Bertz CT molecular complexity index is 1170. The number of hydrogen-bond donors (Lipinski definition) is 2. The molecule has 11 heteroatoms. The Morgan fingerprint density at radius 1 is 1.28 bits per heavy atom. The minimum absolute atomic E-state index is 0.109. The Hall–Kier alpha value is -3.34. The van der Waals surface area contributed by atoms with Gasteiger partial charge in [-0.3, -0.25) is 9.78 Å². The van der Waals surface area contributed by atoms with Crippen LogP contribution in [0.15, 0.2) is 58.7 Å². The number of aryl methyl sites for hydroxylation is 1. The zero-order valence-electron chi connectivity index (χ0n) is 22.4. The van der Waals surface area contributed by atoms with E-state index in [2.05, 4.69) is 15.0 Å². The van der Waals surface area contributed by atoms with Crippen LogP contribution in [0.3, 0.4) is 0 Å². The lowest BCUT2D eigenvalue weighted by molar-refractivity contribution is -0.307. The molecule has 2 atom stereocenters. The van der Waals surface area contributed by atoms with Crippen LogP contribution in [0.2, 0.25) is 0 Å². The van der Waals surface area contributed by atoms with Crippen LogP contribution >= 0.6 is 0 Å². The molecule has 1 aromatic rings. The van der Waals surface area contributed by atoms with Gasteiger partial charge in [0.1, 0.15) is 17.7 Å². The van der Waals surface area contributed by atoms with Gasteiger partial charge in [-0.15, -0.1) is 13.2 Å². The van der Waals surface area contributed by atoms with Crippen LogP contribution in [0.25, 0.3) is 0 Å². The van der Waals surface area contributed by atoms with Crippen molar-refractivity contribution in [3.05, 3.63) is 65.0 Å². The summed E-state index contributed by atoms with van der Waals surface area (Å²) in [4.78, 5) is 24.2. The predicted molar refractivity (Wildman–Crippen MR) is 139 cm³/mol. The summed E-state index contributed by atoms with van der Waals surface area (Å²) >= 11 is 0. The molecule has 1 saturated carbocycles. The van der Waals surface area contributed by atoms with E-state index in [-0.39, 0.29) is 24.0 Å². The average molecular weight is 549 g/mol. The summed E-state index contributed by atoms with van der Waals surface area (Å²) in [7, 11) is 3.55. The van der Waals surface area contributed by atoms with E-state index in [1.54, 1.807) is 31.3 Å². The van der Waals surface area contributed by atoms with Crippen LogP contribution in [0.4, 0.5) is 13.2 Å². The molecule has 3 aliphatic rings. The first-order valence-electron chi connectivity index (χ1n) is 13.1. The molecule has 1 fully saturated rings. The number of aliphatic imine (C=N–C) groups is 1. The number of ether oxygens (including phenoxy) is 2. The van der Waals surface area contributed by atoms with E-state index in [1.165, 1.54) is 12.2 Å². The van der Waals surface area contributed by atoms with E-state index in [1.807, 2.05) is 19.1 Å². The molecule has 0 spiro atoms. The number of nitrogens with one attached hydrogen (secondary N) is 1. The molecule has 4 rings (SSSR count). The molecule has 2 N–H and O–H groups in total. The Balaban J connectivity index is 1.57. The molecule has 2 unspecified atom stereocenters. The lowest BCUT2D eigenvalue weighted by Gasteiger charge is -2.25. The van der Waals surface area contributed by atoms with Gasteiger partial charge in [0.15, 0.2) is 5.90 Å². The fraction of sp³-hybridized carbons (Fsp3) is 0.536. The first kappa shape index (κ1) is 28.7. The number of halogens is 3. The number of aromatic nitrogens is 1. The quantitative estimate of drug-likeness (QED) is 0.478. The standard InChI is InChI=1S/C28H35F3N4O4/c1-18-7-9-20(33-17-18)15-19-8-10-23(25(36)32-14-13-27(37)11-12-27)24(35(2)3)34-26(19)38-21-5-4-6-22(16-21)39-28(29,30)31/h4-7,9,17,19,21,37H,8,10-16H2,1-3H3,(H,32,36). The molecule has 8 nitrogen and oxygen atoms in total. The predicted octanol–water partition coefficient (Wildman–Crippen LogP) is 4.31. The second-order valence-corrected chi connectivity index (χ2v) is 10.6. The summed E-state index contributed by atoms with van der Waals surface area (Å²) < 4.78 is 48.8. The molecule has 212 valence electrons. The SMILES string of the molecule is Cc1ccc(CC2CCC(C(=O)NCCC3(O)CC3)=C(N(C)C)N=C2OC2C=CC=C(OC(F)(F)F)C2)nc1. The second-order valence-electron chi connectivity index (χ2n) is 10.6. The van der Waals surface area contributed by atoms with Crippen molar-refractivity contribution in [2.45, 2.75) is 69.9 Å². The number of alkyl halides is 3. The van der Waals surface area contributed by atoms with E-state index >= 15 is 0 Å². The maximum atomic E-state index is 13.2. The summed E-state index contributed by atoms with van der Waals surface area (Å²) in [6.45, 7) is 2.30. The molecule has 0 saturated heterocycles. The van der Waals surface area contributed by atoms with Crippen molar-refractivity contribution in [1.82, 2.24) is 15.2 Å². The van der Waals surface area contributed by atoms with E-state index in [4.69, 9.17) is 9.73 Å². The van der Waals surface area contributed by atoms with E-state index < -0.39 is 18.1 Å². The lowest BCUT2D eigenvalue weighted by atomic mass is 9.94. The molecule has 1 aromatic heterocycles. The maximum absolute atomic E-state index is 13.2. The fourth-order valence-corrected chi connectivity index (χ4v) is 4.58. The van der Waals surface area contributed by atoms with Crippen LogP contribution in [0.5, 0.6) is 0 Å². The van der Waals surface area contributed by atoms with Gasteiger partial charge in [-0.25, -0.2) is 0 Å². The van der Waals surface area contributed by atoms with Gasteiger partial charge in [-0.2, -0.15) is 4.99 Å². The Kier molecular flexibility index (Phi) is 8.68. The van der Waals surface area contributed by atoms with E-state index in [0.29, 0.717) is 49.5 Å². The third kappa shape index (κ3) is 8.32. The van der Waals surface area contributed by atoms with Crippen molar-refractivity contribution in [3.63, 3.8) is 0 Å². The van der Waals surface area contributed by atoms with Gasteiger partial charge in [-0.1, -0.05) is 12.1 Å².